The van der Waals surface area contributed by atoms with Crippen LogP contribution in [0.1, 0.15) is 12.6 Å². The van der Waals surface area contributed by atoms with E-state index >= 15 is 0 Å². The molecule has 142 valence electrons. The Balaban J connectivity index is 1.38. The van der Waals surface area contributed by atoms with Gasteiger partial charge in [0.1, 0.15) is 11.6 Å². The van der Waals surface area contributed by atoms with Crippen LogP contribution in [0.3, 0.4) is 0 Å². The Labute approximate surface area is 169 Å². The lowest BCUT2D eigenvalue weighted by Gasteiger charge is -2.00. The number of carbonyl (C=O) groups excluding carboxylic acids is 1. The molecule has 0 bridgehead atoms. The maximum absolute atomic E-state index is 12.4. The van der Waals surface area contributed by atoms with Crippen LogP contribution in [0.4, 0.5) is 16.1 Å². The Hall–Kier alpha value is -3.04. The lowest BCUT2D eigenvalue weighted by atomic mass is 10.3. The summed E-state index contributed by atoms with van der Waals surface area (Å²) in [5.74, 6) is 1.36. The summed E-state index contributed by atoms with van der Waals surface area (Å²) < 4.78 is 6.47. The van der Waals surface area contributed by atoms with Crippen LogP contribution in [0.5, 0.6) is 5.75 Å². The quantitative estimate of drug-likeness (QED) is 0.466. The standard InChI is InChI=1S/C19H17N5O2S2/c1-2-26-13-6-7-14-15(10-13)28-19(22-14)24-17(25)9-12-11-27-18(21-12)23-16-5-3-4-8-20-16/h3-8,10-11H,2,9H2,1H3,(H,20,21,23)(H,22,24,25). The normalized spacial score (nSPS) is 10.8. The highest BCUT2D eigenvalue weighted by Gasteiger charge is 2.12. The number of thiazole rings is 2. The fraction of sp³-hybridized carbons (Fsp3) is 0.158. The number of ether oxygens (including phenoxy) is 1. The zero-order valence-electron chi connectivity index (χ0n) is 15.0. The van der Waals surface area contributed by atoms with Gasteiger partial charge in [-0.1, -0.05) is 17.4 Å². The number of pyridine rings is 1. The van der Waals surface area contributed by atoms with Gasteiger partial charge in [-0.15, -0.1) is 11.3 Å². The molecule has 3 heterocycles. The molecule has 0 fully saturated rings. The monoisotopic (exact) mass is 411 g/mol. The predicted molar refractivity (Wildman–Crippen MR) is 113 cm³/mol. The molecule has 1 aromatic carbocycles. The van der Waals surface area contributed by atoms with E-state index in [2.05, 4.69) is 25.6 Å². The van der Waals surface area contributed by atoms with Crippen LogP contribution >= 0.6 is 22.7 Å². The second kappa shape index (κ2) is 8.32. The molecule has 0 saturated carbocycles. The van der Waals surface area contributed by atoms with Crippen molar-refractivity contribution in [2.24, 2.45) is 0 Å². The van der Waals surface area contributed by atoms with Crippen LogP contribution < -0.4 is 15.4 Å². The molecule has 1 amide bonds. The number of nitrogens with one attached hydrogen (secondary N) is 2. The van der Waals surface area contributed by atoms with Crippen molar-refractivity contribution in [1.82, 2.24) is 15.0 Å². The fourth-order valence-electron chi connectivity index (χ4n) is 2.53. The number of hydrogen-bond acceptors (Lipinski definition) is 8. The van der Waals surface area contributed by atoms with Gasteiger partial charge in [0.15, 0.2) is 10.3 Å². The van der Waals surface area contributed by atoms with Gasteiger partial charge in [0.25, 0.3) is 0 Å². The first-order valence-corrected chi connectivity index (χ1v) is 10.3. The molecular weight excluding hydrogens is 394 g/mol. The van der Waals surface area contributed by atoms with E-state index in [1.807, 2.05) is 48.7 Å². The van der Waals surface area contributed by atoms with Crippen LogP contribution in [0.25, 0.3) is 10.2 Å². The minimum absolute atomic E-state index is 0.154. The van der Waals surface area contributed by atoms with E-state index in [1.165, 1.54) is 22.7 Å². The predicted octanol–water partition coefficient (Wildman–Crippen LogP) is 4.47. The molecule has 0 aliphatic rings. The second-order valence-corrected chi connectivity index (χ2v) is 7.68. The van der Waals surface area contributed by atoms with Gasteiger partial charge in [0, 0.05) is 11.6 Å². The van der Waals surface area contributed by atoms with E-state index < -0.39 is 0 Å². The number of anilines is 3. The average Bonchev–Trinajstić information content (AvgIpc) is 3.28. The van der Waals surface area contributed by atoms with Gasteiger partial charge in [-0.25, -0.2) is 15.0 Å². The first-order chi connectivity index (χ1) is 13.7. The molecule has 7 nitrogen and oxygen atoms in total. The summed E-state index contributed by atoms with van der Waals surface area (Å²) in [6, 6.07) is 11.3. The third kappa shape index (κ3) is 4.44. The first-order valence-electron chi connectivity index (χ1n) is 8.65. The van der Waals surface area contributed by atoms with E-state index in [0.717, 1.165) is 16.0 Å². The number of rotatable bonds is 7. The Bertz CT molecular complexity index is 1090. The molecule has 9 heteroatoms. The molecule has 4 rings (SSSR count). The van der Waals surface area contributed by atoms with Crippen LogP contribution in [0, 0.1) is 0 Å². The summed E-state index contributed by atoms with van der Waals surface area (Å²) in [5.41, 5.74) is 1.53. The molecule has 0 spiro atoms. The van der Waals surface area contributed by atoms with Gasteiger partial charge in [-0.05, 0) is 37.3 Å². The minimum atomic E-state index is -0.154. The Morgan fingerprint density at radius 2 is 2.11 bits per heavy atom. The highest BCUT2D eigenvalue weighted by Crippen LogP contribution is 2.29. The van der Waals surface area contributed by atoms with Gasteiger partial charge >= 0.3 is 0 Å². The van der Waals surface area contributed by atoms with Crippen LogP contribution in [-0.4, -0.2) is 27.5 Å². The lowest BCUT2D eigenvalue weighted by Crippen LogP contribution is -2.14. The van der Waals surface area contributed by atoms with Crippen molar-refractivity contribution in [3.63, 3.8) is 0 Å². The topological polar surface area (TPSA) is 89.0 Å². The molecular formula is C19H17N5O2S2. The first kappa shape index (κ1) is 18.3. The number of hydrogen-bond donors (Lipinski definition) is 2. The van der Waals surface area contributed by atoms with E-state index in [4.69, 9.17) is 4.74 Å². The maximum Gasteiger partial charge on any atom is 0.232 e. The van der Waals surface area contributed by atoms with Crippen LogP contribution in [0.2, 0.25) is 0 Å². The second-order valence-electron chi connectivity index (χ2n) is 5.79. The Kier molecular flexibility index (Phi) is 5.45. The zero-order valence-corrected chi connectivity index (χ0v) is 16.6. The van der Waals surface area contributed by atoms with Gasteiger partial charge in [0.05, 0.1) is 28.9 Å². The number of aromatic nitrogens is 3. The molecule has 2 N–H and O–H groups in total. The van der Waals surface area contributed by atoms with Gasteiger partial charge in [-0.3, -0.25) is 4.79 Å². The number of carbonyl (C=O) groups is 1. The summed E-state index contributed by atoms with van der Waals surface area (Å²) >= 11 is 2.86. The SMILES string of the molecule is CCOc1ccc2nc(NC(=O)Cc3csc(Nc4ccccn4)n3)sc2c1. The molecule has 0 saturated heterocycles. The molecule has 0 radical (unpaired) electrons. The Morgan fingerprint density at radius 3 is 2.93 bits per heavy atom. The molecule has 0 unspecified atom stereocenters. The molecule has 0 aliphatic carbocycles. The average molecular weight is 412 g/mol. The van der Waals surface area contributed by atoms with Crippen molar-refractivity contribution < 1.29 is 9.53 Å². The highest BCUT2D eigenvalue weighted by atomic mass is 32.1. The highest BCUT2D eigenvalue weighted by molar-refractivity contribution is 7.22. The van der Waals surface area contributed by atoms with E-state index in [1.54, 1.807) is 6.20 Å². The van der Waals surface area contributed by atoms with E-state index in [-0.39, 0.29) is 12.3 Å². The third-order valence-corrected chi connectivity index (χ3v) is 5.45. The summed E-state index contributed by atoms with van der Waals surface area (Å²) in [4.78, 5) is 25.4. The van der Waals surface area contributed by atoms with E-state index in [9.17, 15) is 4.79 Å². The van der Waals surface area contributed by atoms with Crippen molar-refractivity contribution in [3.8, 4) is 5.75 Å². The van der Waals surface area contributed by atoms with Crippen LogP contribution in [-0.2, 0) is 11.2 Å². The van der Waals surface area contributed by atoms with E-state index in [0.29, 0.717) is 28.4 Å². The van der Waals surface area contributed by atoms with Crippen LogP contribution in [0.15, 0.2) is 48.0 Å². The molecule has 0 atom stereocenters. The molecule has 28 heavy (non-hydrogen) atoms. The van der Waals surface area contributed by atoms with Crippen molar-refractivity contribution in [3.05, 3.63) is 53.7 Å². The number of benzene rings is 1. The minimum Gasteiger partial charge on any atom is -0.494 e. The van der Waals surface area contributed by atoms with Crippen molar-refractivity contribution in [1.29, 1.82) is 0 Å². The van der Waals surface area contributed by atoms with Gasteiger partial charge in [0.2, 0.25) is 5.91 Å². The smallest absolute Gasteiger partial charge is 0.232 e. The van der Waals surface area contributed by atoms with Gasteiger partial charge < -0.3 is 15.4 Å². The summed E-state index contributed by atoms with van der Waals surface area (Å²) in [5, 5.41) is 9.10. The maximum atomic E-state index is 12.4. The molecule has 0 aliphatic heterocycles. The molecule has 3 aromatic heterocycles. The fourth-order valence-corrected chi connectivity index (χ4v) is 4.16. The zero-order chi connectivity index (χ0) is 19.3. The number of nitrogens with zero attached hydrogens (tertiary/aromatic N) is 3. The van der Waals surface area contributed by atoms with Crippen molar-refractivity contribution in [2.75, 3.05) is 17.2 Å². The summed E-state index contributed by atoms with van der Waals surface area (Å²) in [6.07, 6.45) is 1.89. The largest absolute Gasteiger partial charge is 0.494 e. The number of fused-ring (bicyclic) bond motifs is 1. The lowest BCUT2D eigenvalue weighted by molar-refractivity contribution is -0.115. The molecule has 4 aromatic rings. The summed E-state index contributed by atoms with van der Waals surface area (Å²) in [6.45, 7) is 2.55. The Morgan fingerprint density at radius 1 is 1.18 bits per heavy atom. The third-order valence-electron chi connectivity index (χ3n) is 3.71. The van der Waals surface area contributed by atoms with Gasteiger partial charge in [-0.2, -0.15) is 0 Å². The number of amides is 1. The summed E-state index contributed by atoms with van der Waals surface area (Å²) in [7, 11) is 0. The van der Waals surface area contributed by atoms with Crippen molar-refractivity contribution >= 4 is 54.9 Å². The van der Waals surface area contributed by atoms with Crippen molar-refractivity contribution in [2.45, 2.75) is 13.3 Å².